The molecule has 0 spiro atoms. The van der Waals surface area contributed by atoms with Gasteiger partial charge < -0.3 is 0 Å². The number of hydrogen-bond donors (Lipinski definition) is 0. The molecule has 2 atom stereocenters. The van der Waals surface area contributed by atoms with E-state index in [4.69, 9.17) is 5.26 Å². The second-order valence-corrected chi connectivity index (χ2v) is 4.32. The molecule has 92 valence electrons. The summed E-state index contributed by atoms with van der Waals surface area (Å²) in [4.78, 5) is 25.2. The van der Waals surface area contributed by atoms with Crippen LogP contribution in [0, 0.1) is 11.3 Å². The van der Waals surface area contributed by atoms with Crippen molar-refractivity contribution in [3.63, 3.8) is 0 Å². The largest absolute Gasteiger partial charge is 0.274 e. The van der Waals surface area contributed by atoms with E-state index in [9.17, 15) is 9.59 Å². The van der Waals surface area contributed by atoms with Crippen molar-refractivity contribution in [2.75, 3.05) is 0 Å². The van der Waals surface area contributed by atoms with Crippen molar-refractivity contribution >= 4 is 11.8 Å². The second-order valence-electron chi connectivity index (χ2n) is 4.32. The van der Waals surface area contributed by atoms with Gasteiger partial charge in [-0.1, -0.05) is 37.3 Å². The van der Waals surface area contributed by atoms with E-state index in [1.807, 2.05) is 36.4 Å². The number of benzene rings is 1. The highest BCUT2D eigenvalue weighted by Crippen LogP contribution is 2.31. The van der Waals surface area contributed by atoms with Gasteiger partial charge in [0.2, 0.25) is 11.8 Å². The highest BCUT2D eigenvalue weighted by molar-refractivity contribution is 6.06. The maximum Gasteiger partial charge on any atom is 0.238 e. The van der Waals surface area contributed by atoms with E-state index >= 15 is 0 Å². The molecule has 1 aromatic carbocycles. The third kappa shape index (κ3) is 2.00. The summed E-state index contributed by atoms with van der Waals surface area (Å²) in [6.07, 6.45) is 0.635. The normalized spacial score (nSPS) is 20.9. The minimum Gasteiger partial charge on any atom is -0.274 e. The van der Waals surface area contributed by atoms with E-state index < -0.39 is 12.0 Å². The molecule has 2 rings (SSSR count). The van der Waals surface area contributed by atoms with Crippen LogP contribution in [0.4, 0.5) is 0 Å². The van der Waals surface area contributed by atoms with Gasteiger partial charge in [0, 0.05) is 6.42 Å². The summed E-state index contributed by atoms with van der Waals surface area (Å²) < 4.78 is 0. The number of nitrogens with zero attached hydrogens (tertiary/aromatic N) is 2. The van der Waals surface area contributed by atoms with Crippen molar-refractivity contribution in [1.82, 2.24) is 4.90 Å². The van der Waals surface area contributed by atoms with Crippen LogP contribution in [0.25, 0.3) is 0 Å². The monoisotopic (exact) mass is 242 g/mol. The summed E-state index contributed by atoms with van der Waals surface area (Å²) in [5.41, 5.74) is 0.839. The summed E-state index contributed by atoms with van der Waals surface area (Å²) in [5, 5.41) is 8.98. The first-order valence-corrected chi connectivity index (χ1v) is 5.99. The predicted molar refractivity (Wildman–Crippen MR) is 65.3 cm³/mol. The summed E-state index contributed by atoms with van der Waals surface area (Å²) in [6.45, 7) is 1.80. The van der Waals surface area contributed by atoms with E-state index in [2.05, 4.69) is 0 Å². The number of likely N-dealkylation sites (tertiary alicyclic amines) is 1. The van der Waals surface area contributed by atoms with E-state index in [0.717, 1.165) is 10.5 Å². The van der Waals surface area contributed by atoms with Crippen LogP contribution in [-0.4, -0.2) is 22.8 Å². The summed E-state index contributed by atoms with van der Waals surface area (Å²) >= 11 is 0. The molecule has 0 N–H and O–H groups in total. The molecule has 0 aromatic heterocycles. The number of nitriles is 1. The Balaban J connectivity index is 2.28. The van der Waals surface area contributed by atoms with Crippen LogP contribution in [0.5, 0.6) is 0 Å². The highest BCUT2D eigenvalue weighted by Gasteiger charge is 2.42. The smallest absolute Gasteiger partial charge is 0.238 e. The Bertz CT molecular complexity index is 504. The molecule has 0 bridgehead atoms. The van der Waals surface area contributed by atoms with Crippen molar-refractivity contribution in [3.8, 4) is 6.07 Å². The SMILES string of the molecule is CCC(C#N)N1C(=O)CC(c2ccccc2)C1=O. The van der Waals surface area contributed by atoms with Gasteiger partial charge in [-0.3, -0.25) is 14.5 Å². The molecule has 1 aliphatic rings. The molecular weight excluding hydrogens is 228 g/mol. The Labute approximate surface area is 106 Å². The van der Waals surface area contributed by atoms with Crippen LogP contribution in [0.2, 0.25) is 0 Å². The van der Waals surface area contributed by atoms with Gasteiger partial charge in [0.25, 0.3) is 0 Å². The summed E-state index contributed by atoms with van der Waals surface area (Å²) in [7, 11) is 0. The van der Waals surface area contributed by atoms with Crippen LogP contribution in [0.3, 0.4) is 0 Å². The van der Waals surface area contributed by atoms with Crippen LogP contribution in [0.1, 0.15) is 31.2 Å². The zero-order chi connectivity index (χ0) is 13.1. The Morgan fingerprint density at radius 3 is 2.61 bits per heavy atom. The van der Waals surface area contributed by atoms with Crippen molar-refractivity contribution < 1.29 is 9.59 Å². The van der Waals surface area contributed by atoms with Crippen molar-refractivity contribution in [3.05, 3.63) is 35.9 Å². The van der Waals surface area contributed by atoms with Gasteiger partial charge in [-0.15, -0.1) is 0 Å². The van der Waals surface area contributed by atoms with Gasteiger partial charge in [-0.25, -0.2) is 0 Å². The molecule has 4 heteroatoms. The van der Waals surface area contributed by atoms with Crippen molar-refractivity contribution in [2.24, 2.45) is 0 Å². The standard InChI is InChI=1S/C14H14N2O2/c1-2-11(9-15)16-13(17)8-12(14(16)18)10-6-4-3-5-7-10/h3-7,11-12H,2,8H2,1H3. The number of amides is 2. The van der Waals surface area contributed by atoms with Crippen molar-refractivity contribution in [1.29, 1.82) is 5.26 Å². The van der Waals surface area contributed by atoms with Gasteiger partial charge >= 0.3 is 0 Å². The Morgan fingerprint density at radius 1 is 1.39 bits per heavy atom. The molecule has 0 aliphatic carbocycles. The van der Waals surface area contributed by atoms with Crippen LogP contribution >= 0.6 is 0 Å². The fraction of sp³-hybridized carbons (Fsp3) is 0.357. The maximum absolute atomic E-state index is 12.2. The van der Waals surface area contributed by atoms with E-state index in [0.29, 0.717) is 6.42 Å². The molecule has 2 amide bonds. The number of hydrogen-bond acceptors (Lipinski definition) is 3. The maximum atomic E-state index is 12.2. The Kier molecular flexibility index (Phi) is 3.42. The molecule has 1 heterocycles. The van der Waals surface area contributed by atoms with Gasteiger partial charge in [0.05, 0.1) is 12.0 Å². The van der Waals surface area contributed by atoms with E-state index in [1.54, 1.807) is 6.92 Å². The topological polar surface area (TPSA) is 61.2 Å². The first-order valence-electron chi connectivity index (χ1n) is 5.99. The van der Waals surface area contributed by atoms with Crippen LogP contribution in [0.15, 0.2) is 30.3 Å². The fourth-order valence-corrected chi connectivity index (χ4v) is 2.26. The molecule has 1 aromatic rings. The molecular formula is C14H14N2O2. The number of carbonyl (C=O) groups excluding carboxylic acids is 2. The third-order valence-electron chi connectivity index (χ3n) is 3.23. The van der Waals surface area contributed by atoms with Crippen molar-refractivity contribution in [2.45, 2.75) is 31.7 Å². The molecule has 1 fully saturated rings. The van der Waals surface area contributed by atoms with E-state index in [-0.39, 0.29) is 18.2 Å². The zero-order valence-electron chi connectivity index (χ0n) is 10.2. The van der Waals surface area contributed by atoms with E-state index in [1.165, 1.54) is 0 Å². The zero-order valence-corrected chi connectivity index (χ0v) is 10.2. The Hall–Kier alpha value is -2.15. The highest BCUT2D eigenvalue weighted by atomic mass is 16.2. The Morgan fingerprint density at radius 2 is 2.06 bits per heavy atom. The molecule has 0 radical (unpaired) electrons. The van der Waals surface area contributed by atoms with Crippen LogP contribution < -0.4 is 0 Å². The lowest BCUT2D eigenvalue weighted by molar-refractivity contribution is -0.140. The molecule has 4 nitrogen and oxygen atoms in total. The number of carbonyl (C=O) groups is 2. The van der Waals surface area contributed by atoms with Gasteiger partial charge in [-0.2, -0.15) is 5.26 Å². The van der Waals surface area contributed by atoms with Crippen LogP contribution in [-0.2, 0) is 9.59 Å². The number of rotatable bonds is 3. The molecule has 2 unspecified atom stereocenters. The lowest BCUT2D eigenvalue weighted by Gasteiger charge is -2.19. The first kappa shape index (κ1) is 12.3. The fourth-order valence-electron chi connectivity index (χ4n) is 2.26. The second kappa shape index (κ2) is 5.01. The van der Waals surface area contributed by atoms with Gasteiger partial charge in [0.1, 0.15) is 6.04 Å². The minimum atomic E-state index is -0.640. The number of imide groups is 1. The first-order chi connectivity index (χ1) is 8.69. The molecule has 18 heavy (non-hydrogen) atoms. The molecule has 0 saturated carbocycles. The van der Waals surface area contributed by atoms with Gasteiger partial charge in [0.15, 0.2) is 0 Å². The lowest BCUT2D eigenvalue weighted by Crippen LogP contribution is -2.38. The summed E-state index contributed by atoms with van der Waals surface area (Å²) in [5.74, 6) is -0.928. The quantitative estimate of drug-likeness (QED) is 0.760. The average Bonchev–Trinajstić information content (AvgIpc) is 2.69. The summed E-state index contributed by atoms with van der Waals surface area (Å²) in [6, 6.07) is 10.6. The third-order valence-corrected chi connectivity index (χ3v) is 3.23. The predicted octanol–water partition coefficient (Wildman–Crippen LogP) is 1.83. The molecule has 1 saturated heterocycles. The minimum absolute atomic E-state index is 0.168. The molecule has 1 aliphatic heterocycles. The lowest BCUT2D eigenvalue weighted by atomic mass is 9.98. The van der Waals surface area contributed by atoms with Gasteiger partial charge in [-0.05, 0) is 12.0 Å². The average molecular weight is 242 g/mol.